The maximum absolute atomic E-state index is 13.1. The van der Waals surface area contributed by atoms with Crippen molar-refractivity contribution in [2.75, 3.05) is 4.90 Å². The molecule has 1 saturated heterocycles. The van der Waals surface area contributed by atoms with E-state index < -0.39 is 17.4 Å². The van der Waals surface area contributed by atoms with Crippen LogP contribution in [0.15, 0.2) is 63.8 Å². The number of nitrogens with zero attached hydrogens (tertiary/aromatic N) is 3. The number of benzene rings is 2. The number of H-pyrrole nitrogens is 1. The summed E-state index contributed by atoms with van der Waals surface area (Å²) >= 11 is 0. The van der Waals surface area contributed by atoms with E-state index in [2.05, 4.69) is 10.1 Å². The number of aryl methyl sites for hydroxylation is 1. The molecule has 0 radical (unpaired) electrons. The van der Waals surface area contributed by atoms with Gasteiger partial charge in [0.2, 0.25) is 11.8 Å². The van der Waals surface area contributed by atoms with E-state index in [0.717, 1.165) is 4.90 Å². The quantitative estimate of drug-likeness (QED) is 0.544. The van der Waals surface area contributed by atoms with Crippen LogP contribution < -0.4 is 10.5 Å². The molecule has 1 aliphatic rings. The predicted octanol–water partition coefficient (Wildman–Crippen LogP) is 2.66. The highest BCUT2D eigenvalue weighted by molar-refractivity contribution is 6.22. The summed E-state index contributed by atoms with van der Waals surface area (Å²) < 4.78 is 6.84. The average molecular weight is 388 g/mol. The van der Waals surface area contributed by atoms with Crippen LogP contribution in [0.1, 0.15) is 23.6 Å². The Morgan fingerprint density at radius 1 is 1.03 bits per heavy atom. The van der Waals surface area contributed by atoms with Gasteiger partial charge in [-0.2, -0.15) is 9.67 Å². The van der Waals surface area contributed by atoms with Gasteiger partial charge < -0.3 is 4.42 Å². The molecular formula is C21H16N4O4. The fraction of sp³-hybridized carbons (Fsp3) is 0.143. The predicted molar refractivity (Wildman–Crippen MR) is 105 cm³/mol. The summed E-state index contributed by atoms with van der Waals surface area (Å²) in [5, 5.41) is 2.92. The third-order valence-corrected chi connectivity index (χ3v) is 5.10. The first-order valence-electron chi connectivity index (χ1n) is 9.14. The van der Waals surface area contributed by atoms with Crippen molar-refractivity contribution in [2.24, 2.45) is 0 Å². The highest BCUT2D eigenvalue weighted by Crippen LogP contribution is 2.33. The zero-order valence-electron chi connectivity index (χ0n) is 15.5. The molecule has 0 saturated carbocycles. The lowest BCUT2D eigenvalue weighted by Crippen LogP contribution is -2.31. The highest BCUT2D eigenvalue weighted by Gasteiger charge is 2.43. The smallest absolute Gasteiger partial charge is 0.325 e. The van der Waals surface area contributed by atoms with Gasteiger partial charge in [-0.15, -0.1) is 0 Å². The molecule has 1 aliphatic heterocycles. The summed E-state index contributed by atoms with van der Waals surface area (Å²) in [6.45, 7) is 1.69. The van der Waals surface area contributed by atoms with Crippen molar-refractivity contribution in [3.63, 3.8) is 0 Å². The topological polar surface area (TPSA) is 101 Å². The van der Waals surface area contributed by atoms with E-state index in [-0.39, 0.29) is 23.9 Å². The van der Waals surface area contributed by atoms with E-state index in [4.69, 9.17) is 4.42 Å². The molecule has 0 bridgehead atoms. The molecule has 0 unspecified atom stereocenters. The van der Waals surface area contributed by atoms with Gasteiger partial charge in [-0.1, -0.05) is 30.3 Å². The lowest BCUT2D eigenvalue weighted by molar-refractivity contribution is -0.121. The molecule has 29 heavy (non-hydrogen) atoms. The summed E-state index contributed by atoms with van der Waals surface area (Å²) in [6, 6.07) is 16.0. The Morgan fingerprint density at radius 3 is 2.52 bits per heavy atom. The Labute approximate surface area is 164 Å². The maximum Gasteiger partial charge on any atom is 0.325 e. The first kappa shape index (κ1) is 17.2. The molecule has 1 N–H and O–H groups in total. The highest BCUT2D eigenvalue weighted by atomic mass is 16.4. The Balaban J connectivity index is 1.57. The number of hydrogen-bond acceptors (Lipinski definition) is 5. The average Bonchev–Trinajstić information content (AvgIpc) is 3.36. The van der Waals surface area contributed by atoms with Crippen LogP contribution in [0.3, 0.4) is 0 Å². The van der Waals surface area contributed by atoms with Crippen molar-refractivity contribution >= 4 is 28.6 Å². The number of hydrogen-bond donors (Lipinski definition) is 1. The number of amides is 2. The van der Waals surface area contributed by atoms with E-state index in [1.165, 1.54) is 4.68 Å². The van der Waals surface area contributed by atoms with Crippen molar-refractivity contribution in [2.45, 2.75) is 19.3 Å². The van der Waals surface area contributed by atoms with Crippen LogP contribution in [-0.4, -0.2) is 26.6 Å². The molecule has 8 heteroatoms. The van der Waals surface area contributed by atoms with Gasteiger partial charge in [0.05, 0.1) is 17.2 Å². The van der Waals surface area contributed by atoms with Crippen LogP contribution in [0.4, 0.5) is 5.69 Å². The second kappa shape index (κ2) is 6.30. The van der Waals surface area contributed by atoms with E-state index in [0.29, 0.717) is 22.5 Å². The summed E-state index contributed by atoms with van der Waals surface area (Å²) in [6.07, 6.45) is -0.0603. The van der Waals surface area contributed by atoms with Gasteiger partial charge in [-0.25, -0.2) is 0 Å². The van der Waals surface area contributed by atoms with E-state index in [1.807, 2.05) is 12.1 Å². The van der Waals surface area contributed by atoms with Gasteiger partial charge in [0.1, 0.15) is 5.52 Å². The number of nitrogens with one attached hydrogen (secondary N) is 1. The number of anilines is 1. The Bertz CT molecular complexity index is 1280. The molecule has 3 heterocycles. The van der Waals surface area contributed by atoms with Crippen LogP contribution in [-0.2, 0) is 9.59 Å². The SMILES string of the molecule is Cc1[nH]n(-c2nc3ccccc3o2)c(=O)c1[C@H]1CC(=O)N(c2ccccc2)C1=O. The van der Waals surface area contributed by atoms with Crippen LogP contribution in [0, 0.1) is 6.92 Å². The zero-order chi connectivity index (χ0) is 20.1. The second-order valence-corrected chi connectivity index (χ2v) is 6.91. The third kappa shape index (κ3) is 2.60. The molecule has 8 nitrogen and oxygen atoms in total. The number of oxazole rings is 1. The van der Waals surface area contributed by atoms with Crippen LogP contribution >= 0.6 is 0 Å². The fourth-order valence-corrected chi connectivity index (χ4v) is 3.77. The first-order chi connectivity index (χ1) is 14.0. The molecule has 1 atom stereocenters. The molecule has 5 rings (SSSR count). The fourth-order valence-electron chi connectivity index (χ4n) is 3.77. The summed E-state index contributed by atoms with van der Waals surface area (Å²) in [5.41, 5.74) is 1.96. The standard InChI is InChI=1S/C21H16N4O4/c1-12-18(14-11-17(26)24(19(14)27)13-7-3-2-4-8-13)20(28)25(23-12)21-22-15-9-5-6-10-16(15)29-21/h2-10,14,23H,11H2,1H3/t14-/m1/s1. The molecule has 144 valence electrons. The molecule has 2 aromatic heterocycles. The molecule has 4 aromatic rings. The number of carbonyl (C=O) groups is 2. The van der Waals surface area contributed by atoms with E-state index >= 15 is 0 Å². The number of rotatable bonds is 3. The summed E-state index contributed by atoms with van der Waals surface area (Å²) in [4.78, 5) is 44.1. The molecule has 2 aromatic carbocycles. The van der Waals surface area contributed by atoms with Gasteiger partial charge >= 0.3 is 6.01 Å². The van der Waals surface area contributed by atoms with Gasteiger partial charge in [0.15, 0.2) is 5.58 Å². The van der Waals surface area contributed by atoms with Crippen molar-refractivity contribution in [1.82, 2.24) is 14.8 Å². The van der Waals surface area contributed by atoms with Crippen LogP contribution in [0.2, 0.25) is 0 Å². The number of imide groups is 1. The number of para-hydroxylation sites is 3. The number of aromatic amines is 1. The normalized spacial score (nSPS) is 16.9. The third-order valence-electron chi connectivity index (χ3n) is 5.10. The number of aromatic nitrogens is 3. The number of fused-ring (bicyclic) bond motifs is 1. The molecule has 2 amide bonds. The minimum Gasteiger partial charge on any atom is -0.422 e. The lowest BCUT2D eigenvalue weighted by atomic mass is 9.98. The van der Waals surface area contributed by atoms with Crippen LogP contribution in [0.25, 0.3) is 17.1 Å². The van der Waals surface area contributed by atoms with Crippen LogP contribution in [0.5, 0.6) is 0 Å². The van der Waals surface area contributed by atoms with Crippen molar-refractivity contribution < 1.29 is 14.0 Å². The minimum absolute atomic E-state index is 0.0603. The van der Waals surface area contributed by atoms with Gasteiger partial charge in [-0.05, 0) is 31.2 Å². The summed E-state index contributed by atoms with van der Waals surface area (Å²) in [5.74, 6) is -1.60. The number of carbonyl (C=O) groups excluding carboxylic acids is 2. The maximum atomic E-state index is 13.1. The Kier molecular flexibility index (Phi) is 3.73. The first-order valence-corrected chi connectivity index (χ1v) is 9.14. The largest absolute Gasteiger partial charge is 0.422 e. The van der Waals surface area contributed by atoms with Gasteiger partial charge in [0.25, 0.3) is 5.56 Å². The molecule has 0 aliphatic carbocycles. The zero-order valence-corrected chi connectivity index (χ0v) is 15.5. The van der Waals surface area contributed by atoms with Gasteiger partial charge in [-0.3, -0.25) is 24.4 Å². The van der Waals surface area contributed by atoms with Crippen molar-refractivity contribution in [1.29, 1.82) is 0 Å². The second-order valence-electron chi connectivity index (χ2n) is 6.91. The minimum atomic E-state index is -0.850. The van der Waals surface area contributed by atoms with Crippen molar-refractivity contribution in [3.05, 3.63) is 76.2 Å². The Morgan fingerprint density at radius 2 is 1.76 bits per heavy atom. The van der Waals surface area contributed by atoms with Crippen molar-refractivity contribution in [3.8, 4) is 6.01 Å². The lowest BCUT2D eigenvalue weighted by Gasteiger charge is -2.14. The molecular weight excluding hydrogens is 372 g/mol. The molecule has 0 spiro atoms. The molecule has 1 fully saturated rings. The monoisotopic (exact) mass is 388 g/mol. The summed E-state index contributed by atoms with van der Waals surface area (Å²) in [7, 11) is 0. The van der Waals surface area contributed by atoms with E-state index in [1.54, 1.807) is 49.4 Å². The van der Waals surface area contributed by atoms with E-state index in [9.17, 15) is 14.4 Å². The van der Waals surface area contributed by atoms with Gasteiger partial charge in [0, 0.05) is 12.1 Å². The Hall–Kier alpha value is -3.94.